The average molecular weight is 719 g/mol. The van der Waals surface area contributed by atoms with E-state index in [-0.39, 0.29) is 0 Å². The summed E-state index contributed by atoms with van der Waals surface area (Å²) in [6.45, 7) is 12.3. The van der Waals surface area contributed by atoms with Gasteiger partial charge in [-0.1, -0.05) is 91.0 Å². The van der Waals surface area contributed by atoms with Crippen LogP contribution in [-0.4, -0.2) is 30.0 Å². The van der Waals surface area contributed by atoms with Crippen molar-refractivity contribution in [2.24, 2.45) is 0 Å². The first-order chi connectivity index (χ1) is 24.7. The summed E-state index contributed by atoms with van der Waals surface area (Å²) in [5, 5.41) is 28.5. The van der Waals surface area contributed by atoms with Crippen molar-refractivity contribution in [1.29, 1.82) is 0 Å². The first-order valence-electron chi connectivity index (χ1n) is 17.1. The summed E-state index contributed by atoms with van der Waals surface area (Å²) in [5.41, 5.74) is 14.8. The minimum atomic E-state index is -2.62. The summed E-state index contributed by atoms with van der Waals surface area (Å²) in [5.74, 6) is 1.06. The summed E-state index contributed by atoms with van der Waals surface area (Å²) >= 11 is 0. The molecule has 6 aromatic carbocycles. The molecule has 0 aliphatic heterocycles. The van der Waals surface area contributed by atoms with Crippen molar-refractivity contribution in [3.8, 4) is 17.2 Å². The van der Waals surface area contributed by atoms with Crippen molar-refractivity contribution in [3.05, 3.63) is 194 Å². The first kappa shape index (κ1) is 41.5. The van der Waals surface area contributed by atoms with E-state index in [2.05, 4.69) is 72.8 Å². The van der Waals surface area contributed by atoms with Crippen molar-refractivity contribution >= 4 is 8.60 Å². The second kappa shape index (κ2) is 20.8. The molecule has 0 aromatic heterocycles. The molecule has 272 valence electrons. The SMILES string of the molecule is Cc1cc(O)cc(C)c1Cc1ccccc1.Cc1cc(O)cc(C)c1Cc1ccccc1.Cc1cc(O)cc(C)c1Cc1ccccc1.OP(O)O. The number of aryl methyl sites for hydroxylation is 6. The van der Waals surface area contributed by atoms with Gasteiger partial charge in [0.2, 0.25) is 0 Å². The highest BCUT2D eigenvalue weighted by Crippen LogP contribution is 2.25. The summed E-state index contributed by atoms with van der Waals surface area (Å²) in [6.07, 6.45) is 2.79. The highest BCUT2D eigenvalue weighted by molar-refractivity contribution is 7.38. The van der Waals surface area contributed by atoms with E-state index in [1.54, 1.807) is 0 Å². The lowest BCUT2D eigenvalue weighted by molar-refractivity contribution is 0.368. The third kappa shape index (κ3) is 14.0. The van der Waals surface area contributed by atoms with Crippen LogP contribution < -0.4 is 0 Å². The molecular weight excluding hydrogens is 667 g/mol. The molecule has 6 rings (SSSR count). The molecule has 0 unspecified atom stereocenters. The van der Waals surface area contributed by atoms with Gasteiger partial charge >= 0.3 is 8.60 Å². The second-order valence-corrected chi connectivity index (χ2v) is 13.5. The molecule has 0 spiro atoms. The fourth-order valence-electron chi connectivity index (χ4n) is 6.15. The van der Waals surface area contributed by atoms with Crippen LogP contribution in [0.25, 0.3) is 0 Å². The van der Waals surface area contributed by atoms with Crippen molar-refractivity contribution in [1.82, 2.24) is 0 Å². The van der Waals surface area contributed by atoms with Crippen LogP contribution in [0.15, 0.2) is 127 Å². The minimum absolute atomic E-state index is 0.354. The molecule has 0 aliphatic rings. The Morgan fingerprint density at radius 1 is 0.346 bits per heavy atom. The molecule has 6 nitrogen and oxygen atoms in total. The Kier molecular flexibility index (Phi) is 16.6. The topological polar surface area (TPSA) is 121 Å². The van der Waals surface area contributed by atoms with Crippen LogP contribution in [0.5, 0.6) is 17.2 Å². The highest BCUT2D eigenvalue weighted by atomic mass is 31.2. The third-order valence-electron chi connectivity index (χ3n) is 8.71. The Labute approximate surface area is 310 Å². The van der Waals surface area contributed by atoms with E-state index in [9.17, 15) is 15.3 Å². The van der Waals surface area contributed by atoms with Gasteiger partial charge in [0.25, 0.3) is 0 Å². The lowest BCUT2D eigenvalue weighted by atomic mass is 9.96. The predicted molar refractivity (Wildman–Crippen MR) is 214 cm³/mol. The van der Waals surface area contributed by atoms with Crippen LogP contribution in [0, 0.1) is 41.5 Å². The van der Waals surface area contributed by atoms with Gasteiger partial charge in [-0.05, 0) is 164 Å². The van der Waals surface area contributed by atoms with Gasteiger partial charge in [0.05, 0.1) is 0 Å². The van der Waals surface area contributed by atoms with Crippen LogP contribution in [0.4, 0.5) is 0 Å². The predicted octanol–water partition coefficient (Wildman–Crippen LogP) is 9.99. The van der Waals surface area contributed by atoms with Gasteiger partial charge < -0.3 is 30.0 Å². The van der Waals surface area contributed by atoms with Crippen LogP contribution in [0.2, 0.25) is 0 Å². The van der Waals surface area contributed by atoms with E-state index < -0.39 is 8.60 Å². The number of phenolic OH excluding ortho intramolecular Hbond substituents is 3. The van der Waals surface area contributed by atoms with E-state index in [0.29, 0.717) is 17.2 Å². The van der Waals surface area contributed by atoms with E-state index in [1.807, 2.05) is 96.1 Å². The van der Waals surface area contributed by atoms with Gasteiger partial charge in [0, 0.05) is 0 Å². The number of rotatable bonds is 6. The molecule has 0 amide bonds. The molecule has 0 saturated carbocycles. The van der Waals surface area contributed by atoms with E-state index >= 15 is 0 Å². The number of benzene rings is 6. The van der Waals surface area contributed by atoms with Crippen LogP contribution >= 0.6 is 8.60 Å². The van der Waals surface area contributed by atoms with E-state index in [4.69, 9.17) is 14.7 Å². The number of hydrogen-bond acceptors (Lipinski definition) is 6. The Hall–Kier alpha value is -4.97. The third-order valence-corrected chi connectivity index (χ3v) is 8.71. The maximum atomic E-state index is 9.48. The van der Waals surface area contributed by atoms with Crippen LogP contribution in [-0.2, 0) is 19.3 Å². The van der Waals surface area contributed by atoms with E-state index in [0.717, 1.165) is 52.6 Å². The van der Waals surface area contributed by atoms with Crippen molar-refractivity contribution < 1.29 is 30.0 Å². The Morgan fingerprint density at radius 2 is 0.519 bits per heavy atom. The van der Waals surface area contributed by atoms with Crippen LogP contribution in [0.3, 0.4) is 0 Å². The lowest BCUT2D eigenvalue weighted by Gasteiger charge is -2.10. The van der Waals surface area contributed by atoms with Crippen molar-refractivity contribution in [3.63, 3.8) is 0 Å². The molecule has 0 fully saturated rings. The monoisotopic (exact) mass is 718 g/mol. The van der Waals surface area contributed by atoms with Crippen molar-refractivity contribution in [2.75, 3.05) is 0 Å². The van der Waals surface area contributed by atoms with E-state index in [1.165, 1.54) is 33.4 Å². The van der Waals surface area contributed by atoms with Gasteiger partial charge in [0.15, 0.2) is 0 Å². The lowest BCUT2D eigenvalue weighted by Crippen LogP contribution is -1.95. The number of phenols is 3. The number of aromatic hydroxyl groups is 3. The maximum absolute atomic E-state index is 9.48. The largest absolute Gasteiger partial charge is 0.508 e. The summed E-state index contributed by atoms with van der Waals surface area (Å²) in [6, 6.07) is 42.2. The Morgan fingerprint density at radius 3 is 0.692 bits per heavy atom. The highest BCUT2D eigenvalue weighted by Gasteiger charge is 2.07. The molecule has 0 radical (unpaired) electrons. The molecule has 0 atom stereocenters. The Bertz CT molecular complexity index is 1680. The zero-order valence-electron chi connectivity index (χ0n) is 30.9. The molecule has 6 aromatic rings. The smallest absolute Gasteiger partial charge is 0.324 e. The van der Waals surface area contributed by atoms with Crippen LogP contribution in [0.1, 0.15) is 66.8 Å². The quantitative estimate of drug-likeness (QED) is 0.0954. The first-order valence-corrected chi connectivity index (χ1v) is 18.3. The average Bonchev–Trinajstić information content (AvgIpc) is 3.08. The van der Waals surface area contributed by atoms with Gasteiger partial charge in [-0.25, -0.2) is 0 Å². The molecule has 0 heterocycles. The second-order valence-electron chi connectivity index (χ2n) is 12.9. The summed E-state index contributed by atoms with van der Waals surface area (Å²) in [4.78, 5) is 21.7. The molecule has 52 heavy (non-hydrogen) atoms. The van der Waals surface area contributed by atoms with Gasteiger partial charge in [-0.3, -0.25) is 0 Å². The van der Waals surface area contributed by atoms with Gasteiger partial charge in [0.1, 0.15) is 17.2 Å². The Balaban J connectivity index is 0.000000200. The molecule has 6 N–H and O–H groups in total. The fourth-order valence-corrected chi connectivity index (χ4v) is 6.15. The molecule has 0 bridgehead atoms. The summed E-state index contributed by atoms with van der Waals surface area (Å²) in [7, 11) is -2.62. The number of hydrogen-bond donors (Lipinski definition) is 6. The van der Waals surface area contributed by atoms with Gasteiger partial charge in [-0.2, -0.15) is 0 Å². The maximum Gasteiger partial charge on any atom is 0.324 e. The summed E-state index contributed by atoms with van der Waals surface area (Å²) < 4.78 is 0. The standard InChI is InChI=1S/3C15H16O.H3O3P/c3*1-11-8-14(16)9-12(2)15(11)10-13-6-4-3-5-7-13;1-4(2)3/h3*3-9,16H,10H2,1-2H3;1-3H. The van der Waals surface area contributed by atoms with Gasteiger partial charge in [-0.15, -0.1) is 0 Å². The normalized spacial score (nSPS) is 10.3. The fraction of sp³-hybridized carbons (Fsp3) is 0.200. The van der Waals surface area contributed by atoms with Crippen molar-refractivity contribution in [2.45, 2.75) is 60.8 Å². The molecular formula is C45H51O6P. The molecule has 0 saturated heterocycles. The molecule has 7 heteroatoms. The zero-order valence-corrected chi connectivity index (χ0v) is 31.8. The minimum Gasteiger partial charge on any atom is -0.508 e. The zero-order chi connectivity index (χ0) is 38.2. The molecule has 0 aliphatic carbocycles.